The maximum Gasteiger partial charge on any atom is 0.419 e. The summed E-state index contributed by atoms with van der Waals surface area (Å²) in [6.07, 6.45) is 4.91. The molecule has 1 N–H and O–H groups in total. The number of hydrogen-bond donors (Lipinski definition) is 1. The Morgan fingerprint density at radius 2 is 2.08 bits per heavy atom. The molecule has 66 valence electrons. The van der Waals surface area contributed by atoms with Crippen LogP contribution in [0.15, 0.2) is 14.0 Å². The molecule has 1 heterocycles. The zero-order valence-electron chi connectivity index (χ0n) is 6.74. The number of fused-ring (bicyclic) bond motifs is 2. The Kier molecular flexibility index (Phi) is 1.07. The number of aromatic amines is 1. The second kappa shape index (κ2) is 2.02. The molecule has 4 heteroatoms. The molecule has 0 amide bonds. The van der Waals surface area contributed by atoms with Gasteiger partial charge in [-0.3, -0.25) is 4.98 Å². The van der Waals surface area contributed by atoms with E-state index in [1.54, 1.807) is 0 Å². The van der Waals surface area contributed by atoms with Crippen molar-refractivity contribution in [1.29, 1.82) is 0 Å². The molecule has 0 aromatic carbocycles. The standard InChI is InChI=1S/C9H7NO3/c11-8-6-2-4-1-5(4)3-7(6)10-9(12)13-8/h2-5H,1H2,(H,10,12). The highest BCUT2D eigenvalue weighted by Gasteiger charge is 2.35. The molecular weight excluding hydrogens is 170 g/mol. The largest absolute Gasteiger partial charge is 0.419 e. The maximum atomic E-state index is 11.2. The van der Waals surface area contributed by atoms with E-state index < -0.39 is 11.4 Å². The summed E-state index contributed by atoms with van der Waals surface area (Å²) in [4.78, 5) is 24.6. The van der Waals surface area contributed by atoms with E-state index in [-0.39, 0.29) is 0 Å². The van der Waals surface area contributed by atoms with Crippen molar-refractivity contribution in [3.8, 4) is 0 Å². The molecule has 0 radical (unpaired) electrons. The van der Waals surface area contributed by atoms with Crippen molar-refractivity contribution in [3.63, 3.8) is 0 Å². The molecule has 1 aromatic rings. The van der Waals surface area contributed by atoms with Gasteiger partial charge in [0.15, 0.2) is 0 Å². The molecule has 4 nitrogen and oxygen atoms in total. The van der Waals surface area contributed by atoms with Crippen LogP contribution in [0.4, 0.5) is 0 Å². The number of nitrogens with one attached hydrogen (secondary N) is 1. The fraction of sp³-hybridized carbons (Fsp3) is 0.333. The molecule has 2 aliphatic rings. The first kappa shape index (κ1) is 6.88. The van der Waals surface area contributed by atoms with Crippen molar-refractivity contribution in [1.82, 2.24) is 4.98 Å². The topological polar surface area (TPSA) is 63.1 Å². The van der Waals surface area contributed by atoms with Crippen molar-refractivity contribution in [2.45, 2.75) is 6.42 Å². The summed E-state index contributed by atoms with van der Waals surface area (Å²) in [7, 11) is 0. The Morgan fingerprint density at radius 1 is 1.31 bits per heavy atom. The SMILES string of the molecule is O=c1[nH]c2c(c(=O)o1)=CC1CC1C=2. The highest BCUT2D eigenvalue weighted by atomic mass is 16.4. The number of hydrogen-bond acceptors (Lipinski definition) is 3. The maximum absolute atomic E-state index is 11.2. The van der Waals surface area contributed by atoms with Crippen molar-refractivity contribution in [3.05, 3.63) is 31.5 Å². The van der Waals surface area contributed by atoms with Gasteiger partial charge in [-0.2, -0.15) is 0 Å². The monoisotopic (exact) mass is 177 g/mol. The molecule has 2 unspecified atom stereocenters. The fourth-order valence-corrected chi connectivity index (χ4v) is 1.79. The molecule has 1 saturated carbocycles. The van der Waals surface area contributed by atoms with Gasteiger partial charge in [0.05, 0.1) is 10.6 Å². The average Bonchev–Trinajstić information content (AvgIpc) is 2.78. The smallest absolute Gasteiger partial charge is 0.372 e. The highest BCUT2D eigenvalue weighted by Crippen LogP contribution is 2.41. The van der Waals surface area contributed by atoms with Gasteiger partial charge in [0, 0.05) is 0 Å². The normalized spacial score (nSPS) is 28.0. The summed E-state index contributed by atoms with van der Waals surface area (Å²) in [6.45, 7) is 0. The van der Waals surface area contributed by atoms with Crippen molar-refractivity contribution in [2.75, 3.05) is 0 Å². The third-order valence-electron chi connectivity index (χ3n) is 2.58. The van der Waals surface area contributed by atoms with E-state index in [1.165, 1.54) is 0 Å². The number of H-pyrrole nitrogens is 1. The van der Waals surface area contributed by atoms with Crippen molar-refractivity contribution >= 4 is 12.2 Å². The van der Waals surface area contributed by atoms with Crippen molar-refractivity contribution in [2.24, 2.45) is 11.8 Å². The first-order valence-electron chi connectivity index (χ1n) is 4.21. The van der Waals surface area contributed by atoms with Crippen LogP contribution in [0.5, 0.6) is 0 Å². The summed E-state index contributed by atoms with van der Waals surface area (Å²) >= 11 is 0. The molecule has 0 bridgehead atoms. The van der Waals surface area contributed by atoms with Gasteiger partial charge >= 0.3 is 11.4 Å². The molecular formula is C9H7NO3. The van der Waals surface area contributed by atoms with Gasteiger partial charge in [-0.05, 0) is 18.3 Å². The highest BCUT2D eigenvalue weighted by molar-refractivity contribution is 5.46. The van der Waals surface area contributed by atoms with E-state index in [4.69, 9.17) is 0 Å². The van der Waals surface area contributed by atoms with Gasteiger partial charge < -0.3 is 4.42 Å². The molecule has 13 heavy (non-hydrogen) atoms. The van der Waals surface area contributed by atoms with Gasteiger partial charge in [-0.15, -0.1) is 0 Å². The lowest BCUT2D eigenvalue weighted by molar-refractivity contribution is 0.439. The zero-order chi connectivity index (χ0) is 9.00. The van der Waals surface area contributed by atoms with Crippen LogP contribution in [0, 0.1) is 11.8 Å². The summed E-state index contributed by atoms with van der Waals surface area (Å²) < 4.78 is 4.42. The molecule has 0 saturated heterocycles. The van der Waals surface area contributed by atoms with Crippen LogP contribution in [0.25, 0.3) is 12.2 Å². The third-order valence-corrected chi connectivity index (χ3v) is 2.58. The van der Waals surface area contributed by atoms with Crippen LogP contribution < -0.4 is 21.9 Å². The van der Waals surface area contributed by atoms with Crippen LogP contribution in [0.2, 0.25) is 0 Å². The van der Waals surface area contributed by atoms with Gasteiger partial charge in [0.25, 0.3) is 0 Å². The predicted molar refractivity (Wildman–Crippen MR) is 45.4 cm³/mol. The summed E-state index contributed by atoms with van der Waals surface area (Å²) in [5.74, 6) is 0.332. The number of rotatable bonds is 0. The molecule has 0 aliphatic heterocycles. The Bertz CT molecular complexity index is 593. The lowest BCUT2D eigenvalue weighted by Crippen LogP contribution is -2.46. The summed E-state index contributed by atoms with van der Waals surface area (Å²) in [6, 6.07) is 0. The Hall–Kier alpha value is -1.58. The van der Waals surface area contributed by atoms with Crippen LogP contribution in [-0.2, 0) is 0 Å². The Balaban J connectivity index is 2.56. The van der Waals surface area contributed by atoms with Crippen LogP contribution in [-0.4, -0.2) is 4.98 Å². The van der Waals surface area contributed by atoms with Gasteiger partial charge in [-0.1, -0.05) is 12.2 Å². The first-order valence-corrected chi connectivity index (χ1v) is 4.21. The summed E-state index contributed by atoms with van der Waals surface area (Å²) in [5, 5.41) is 1.14. The van der Waals surface area contributed by atoms with E-state index in [0.717, 1.165) is 6.42 Å². The van der Waals surface area contributed by atoms with Crippen LogP contribution >= 0.6 is 0 Å². The second-order valence-corrected chi connectivity index (χ2v) is 3.53. The van der Waals surface area contributed by atoms with Crippen LogP contribution in [0.1, 0.15) is 6.42 Å². The molecule has 1 aromatic heterocycles. The lowest BCUT2D eigenvalue weighted by Gasteiger charge is -1.95. The molecule has 0 spiro atoms. The fourth-order valence-electron chi connectivity index (χ4n) is 1.79. The van der Waals surface area contributed by atoms with E-state index in [2.05, 4.69) is 9.40 Å². The van der Waals surface area contributed by atoms with Gasteiger partial charge in [0.2, 0.25) is 0 Å². The van der Waals surface area contributed by atoms with Crippen molar-refractivity contribution < 1.29 is 4.42 Å². The Morgan fingerprint density at radius 3 is 2.92 bits per heavy atom. The minimum absolute atomic E-state index is 0.487. The summed E-state index contributed by atoms with van der Waals surface area (Å²) in [5.41, 5.74) is -0.527. The van der Waals surface area contributed by atoms with E-state index in [0.29, 0.717) is 22.4 Å². The van der Waals surface area contributed by atoms with E-state index in [9.17, 15) is 9.59 Å². The molecule has 1 fully saturated rings. The lowest BCUT2D eigenvalue weighted by atomic mass is 10.2. The minimum atomic E-state index is -0.674. The molecule has 2 aliphatic carbocycles. The average molecular weight is 177 g/mol. The van der Waals surface area contributed by atoms with E-state index >= 15 is 0 Å². The Labute approximate surface area is 72.2 Å². The molecule has 2 atom stereocenters. The minimum Gasteiger partial charge on any atom is -0.372 e. The quantitative estimate of drug-likeness (QED) is 0.526. The first-order chi connectivity index (χ1) is 6.24. The van der Waals surface area contributed by atoms with Gasteiger partial charge in [-0.25, -0.2) is 9.59 Å². The third kappa shape index (κ3) is 0.915. The van der Waals surface area contributed by atoms with Crippen LogP contribution in [0.3, 0.4) is 0 Å². The zero-order valence-corrected chi connectivity index (χ0v) is 6.74. The second-order valence-electron chi connectivity index (χ2n) is 3.53. The predicted octanol–water partition coefficient (Wildman–Crippen LogP) is -1.46. The number of aromatic nitrogens is 1. The van der Waals surface area contributed by atoms with Gasteiger partial charge in [0.1, 0.15) is 0 Å². The molecule has 3 rings (SSSR count). The van der Waals surface area contributed by atoms with E-state index in [1.807, 2.05) is 12.2 Å².